The number of nitrogens with zero attached hydrogens (tertiary/aromatic N) is 1. The Bertz CT molecular complexity index is 472. The van der Waals surface area contributed by atoms with Crippen LogP contribution in [0.3, 0.4) is 0 Å². The van der Waals surface area contributed by atoms with E-state index in [9.17, 15) is 9.59 Å². The Kier molecular flexibility index (Phi) is 5.36. The van der Waals surface area contributed by atoms with Crippen LogP contribution in [0.2, 0.25) is 0 Å². The smallest absolute Gasteiger partial charge is 0.305 e. The van der Waals surface area contributed by atoms with Gasteiger partial charge in [0, 0.05) is 18.8 Å². The molecule has 1 heterocycles. The molecule has 2 N–H and O–H groups in total. The Balaban J connectivity index is 2.78. The lowest BCUT2D eigenvalue weighted by atomic mass is 9.87. The molecule has 0 bridgehead atoms. The van der Waals surface area contributed by atoms with Crippen molar-refractivity contribution in [1.82, 2.24) is 9.88 Å². The fraction of sp³-hybridized carbons (Fsp3) is 0.600. The molecule has 5 nitrogen and oxygen atoms in total. The van der Waals surface area contributed by atoms with Gasteiger partial charge in [0.25, 0.3) is 5.91 Å². The van der Waals surface area contributed by atoms with E-state index < -0.39 is 5.97 Å². The molecule has 1 aromatic rings. The monoisotopic (exact) mass is 280 g/mol. The van der Waals surface area contributed by atoms with Gasteiger partial charge in [-0.1, -0.05) is 20.8 Å². The normalized spacial score (nSPS) is 13.0. The van der Waals surface area contributed by atoms with Crippen molar-refractivity contribution in [1.29, 1.82) is 0 Å². The van der Waals surface area contributed by atoms with Gasteiger partial charge in [-0.3, -0.25) is 9.59 Å². The molecular weight excluding hydrogens is 256 g/mol. The molecule has 112 valence electrons. The lowest BCUT2D eigenvalue weighted by Crippen LogP contribution is -2.39. The zero-order chi connectivity index (χ0) is 15.3. The Morgan fingerprint density at radius 3 is 2.55 bits per heavy atom. The van der Waals surface area contributed by atoms with E-state index >= 15 is 0 Å². The van der Waals surface area contributed by atoms with Gasteiger partial charge in [-0.25, -0.2) is 0 Å². The molecule has 0 aliphatic heterocycles. The molecule has 5 heteroatoms. The molecule has 20 heavy (non-hydrogen) atoms. The quantitative estimate of drug-likeness (QED) is 0.841. The van der Waals surface area contributed by atoms with E-state index in [2.05, 4.69) is 5.32 Å². The summed E-state index contributed by atoms with van der Waals surface area (Å²) < 4.78 is 1.84. The highest BCUT2D eigenvalue weighted by Gasteiger charge is 2.23. The number of aromatic nitrogens is 1. The zero-order valence-electron chi connectivity index (χ0n) is 12.6. The highest BCUT2D eigenvalue weighted by Crippen LogP contribution is 2.22. The number of nitrogens with one attached hydrogen (secondary N) is 1. The SMILES string of the molecule is CCn1cccc1C(=O)NC(CC(=O)O)CC(C)(C)C. The van der Waals surface area contributed by atoms with Crippen molar-refractivity contribution in [3.05, 3.63) is 24.0 Å². The number of carboxylic acid groups (broad SMARTS) is 1. The molecular formula is C15H24N2O3. The Morgan fingerprint density at radius 2 is 2.05 bits per heavy atom. The first-order valence-corrected chi connectivity index (χ1v) is 6.90. The third kappa shape index (κ3) is 5.07. The van der Waals surface area contributed by atoms with Crippen molar-refractivity contribution >= 4 is 11.9 Å². The summed E-state index contributed by atoms with van der Waals surface area (Å²) in [6.45, 7) is 8.76. The van der Waals surface area contributed by atoms with Gasteiger partial charge in [-0.15, -0.1) is 0 Å². The highest BCUT2D eigenvalue weighted by molar-refractivity contribution is 5.93. The molecule has 0 aromatic carbocycles. The summed E-state index contributed by atoms with van der Waals surface area (Å²) >= 11 is 0. The number of aliphatic carboxylic acids is 1. The third-order valence-corrected chi connectivity index (χ3v) is 3.02. The lowest BCUT2D eigenvalue weighted by Gasteiger charge is -2.26. The second-order valence-electron chi connectivity index (χ2n) is 6.21. The summed E-state index contributed by atoms with van der Waals surface area (Å²) in [5.74, 6) is -1.11. The summed E-state index contributed by atoms with van der Waals surface area (Å²) in [6.07, 6.45) is 2.40. The summed E-state index contributed by atoms with van der Waals surface area (Å²) in [7, 11) is 0. The first kappa shape index (κ1) is 16.3. The number of hydrogen-bond acceptors (Lipinski definition) is 2. The Labute approximate surface area is 120 Å². The van der Waals surface area contributed by atoms with Gasteiger partial charge in [-0.05, 0) is 30.9 Å². The minimum atomic E-state index is -0.898. The van der Waals surface area contributed by atoms with Crippen molar-refractivity contribution in [3.63, 3.8) is 0 Å². The minimum absolute atomic E-state index is 0.0415. The molecule has 1 amide bonds. The predicted octanol–water partition coefficient (Wildman–Crippen LogP) is 2.52. The van der Waals surface area contributed by atoms with Gasteiger partial charge in [0.1, 0.15) is 5.69 Å². The molecule has 1 atom stereocenters. The maximum Gasteiger partial charge on any atom is 0.305 e. The lowest BCUT2D eigenvalue weighted by molar-refractivity contribution is -0.137. The van der Waals surface area contributed by atoms with E-state index in [4.69, 9.17) is 5.11 Å². The summed E-state index contributed by atoms with van der Waals surface area (Å²) in [5, 5.41) is 11.8. The number of amides is 1. The van der Waals surface area contributed by atoms with E-state index in [1.807, 2.05) is 44.5 Å². The van der Waals surface area contributed by atoms with Crippen LogP contribution in [0.25, 0.3) is 0 Å². The van der Waals surface area contributed by atoms with Gasteiger partial charge >= 0.3 is 5.97 Å². The van der Waals surface area contributed by atoms with Crippen LogP contribution in [0.4, 0.5) is 0 Å². The van der Waals surface area contributed by atoms with Crippen molar-refractivity contribution in [2.45, 2.75) is 53.1 Å². The standard InChI is InChI=1S/C15H24N2O3/c1-5-17-8-6-7-12(17)14(20)16-11(9-13(18)19)10-15(2,3)4/h6-8,11H,5,9-10H2,1-4H3,(H,16,20)(H,18,19). The number of carboxylic acids is 1. The minimum Gasteiger partial charge on any atom is -0.481 e. The number of carbonyl (C=O) groups excluding carboxylic acids is 1. The highest BCUT2D eigenvalue weighted by atomic mass is 16.4. The first-order chi connectivity index (χ1) is 9.23. The van der Waals surface area contributed by atoms with Crippen LogP contribution in [0.1, 0.15) is 51.0 Å². The van der Waals surface area contributed by atoms with E-state index in [1.165, 1.54) is 0 Å². The number of rotatable bonds is 6. The zero-order valence-corrected chi connectivity index (χ0v) is 12.6. The molecule has 1 unspecified atom stereocenters. The van der Waals surface area contributed by atoms with Gasteiger partial charge in [0.15, 0.2) is 0 Å². The summed E-state index contributed by atoms with van der Waals surface area (Å²) in [5.41, 5.74) is 0.525. The summed E-state index contributed by atoms with van der Waals surface area (Å²) in [6, 6.07) is 3.20. The van der Waals surface area contributed by atoms with Crippen molar-refractivity contribution in [2.24, 2.45) is 5.41 Å². The van der Waals surface area contributed by atoms with Crippen molar-refractivity contribution in [3.8, 4) is 0 Å². The fourth-order valence-corrected chi connectivity index (χ4v) is 2.28. The van der Waals surface area contributed by atoms with Crippen LogP contribution in [-0.4, -0.2) is 27.6 Å². The molecule has 0 radical (unpaired) electrons. The largest absolute Gasteiger partial charge is 0.481 e. The maximum atomic E-state index is 12.2. The third-order valence-electron chi connectivity index (χ3n) is 3.02. The van der Waals surface area contributed by atoms with E-state index in [0.717, 1.165) is 0 Å². The summed E-state index contributed by atoms with van der Waals surface area (Å²) in [4.78, 5) is 23.2. The van der Waals surface area contributed by atoms with Crippen LogP contribution in [0.5, 0.6) is 0 Å². The molecule has 0 fully saturated rings. The Hall–Kier alpha value is -1.78. The van der Waals surface area contributed by atoms with Gasteiger partial charge < -0.3 is 15.0 Å². The number of aryl methyl sites for hydroxylation is 1. The van der Waals surface area contributed by atoms with Crippen LogP contribution in [0, 0.1) is 5.41 Å². The maximum absolute atomic E-state index is 12.2. The number of carbonyl (C=O) groups is 2. The number of hydrogen-bond donors (Lipinski definition) is 2. The van der Waals surface area contributed by atoms with Crippen LogP contribution in [-0.2, 0) is 11.3 Å². The molecule has 0 aliphatic carbocycles. The molecule has 0 saturated heterocycles. The molecule has 0 spiro atoms. The fourth-order valence-electron chi connectivity index (χ4n) is 2.28. The van der Waals surface area contributed by atoms with Gasteiger partial charge in [0.2, 0.25) is 0 Å². The van der Waals surface area contributed by atoms with Crippen LogP contribution in [0.15, 0.2) is 18.3 Å². The molecule has 1 aromatic heterocycles. The first-order valence-electron chi connectivity index (χ1n) is 6.90. The predicted molar refractivity (Wildman–Crippen MR) is 77.7 cm³/mol. The Morgan fingerprint density at radius 1 is 1.40 bits per heavy atom. The van der Waals surface area contributed by atoms with Gasteiger partial charge in [0.05, 0.1) is 6.42 Å². The molecule has 0 saturated carbocycles. The van der Waals surface area contributed by atoms with Gasteiger partial charge in [-0.2, -0.15) is 0 Å². The van der Waals surface area contributed by atoms with Crippen LogP contribution < -0.4 is 5.32 Å². The molecule has 0 aliphatic rings. The van der Waals surface area contributed by atoms with Crippen molar-refractivity contribution < 1.29 is 14.7 Å². The second-order valence-corrected chi connectivity index (χ2v) is 6.21. The average Bonchev–Trinajstić information content (AvgIpc) is 2.73. The van der Waals surface area contributed by atoms with Crippen LogP contribution >= 0.6 is 0 Å². The van der Waals surface area contributed by atoms with E-state index in [1.54, 1.807) is 6.07 Å². The van der Waals surface area contributed by atoms with E-state index in [-0.39, 0.29) is 23.8 Å². The molecule has 1 rings (SSSR count). The second kappa shape index (κ2) is 6.59. The van der Waals surface area contributed by atoms with E-state index in [0.29, 0.717) is 18.7 Å². The topological polar surface area (TPSA) is 71.3 Å². The van der Waals surface area contributed by atoms with Crippen molar-refractivity contribution in [2.75, 3.05) is 0 Å². The average molecular weight is 280 g/mol.